The van der Waals surface area contributed by atoms with Crippen LogP contribution in [0.5, 0.6) is 0 Å². The maximum Gasteiger partial charge on any atom is 0.337 e. The number of rotatable bonds is 3. The fraction of sp³-hybridized carbons (Fsp3) is 0.385. The summed E-state index contributed by atoms with van der Waals surface area (Å²) >= 11 is 2.05. The Hall–Kier alpha value is -1.15. The quantitative estimate of drug-likeness (QED) is 0.707. The Bertz CT molecular complexity index is 499. The van der Waals surface area contributed by atoms with Crippen molar-refractivity contribution in [2.45, 2.75) is 12.8 Å². The summed E-state index contributed by atoms with van der Waals surface area (Å²) in [5, 5.41) is 15.0. The van der Waals surface area contributed by atoms with Gasteiger partial charge in [0.25, 0.3) is 0 Å². The summed E-state index contributed by atoms with van der Waals surface area (Å²) in [5.41, 5.74) is 0.493. The average molecular weight is 374 g/mol. The number of carbonyl (C=O) groups excluding carboxylic acids is 1. The molecule has 0 radical (unpaired) electrons. The highest BCUT2D eigenvalue weighted by molar-refractivity contribution is 14.1. The summed E-state index contributed by atoms with van der Waals surface area (Å²) in [6.07, 6.45) is 1.81. The van der Waals surface area contributed by atoms with Gasteiger partial charge < -0.3 is 15.7 Å². The second kappa shape index (κ2) is 6.33. The van der Waals surface area contributed by atoms with E-state index in [0.717, 1.165) is 23.0 Å². The van der Waals surface area contributed by atoms with Crippen LogP contribution < -0.4 is 10.6 Å². The molecule has 1 aromatic carbocycles. The van der Waals surface area contributed by atoms with Gasteiger partial charge in [-0.3, -0.25) is 4.79 Å². The van der Waals surface area contributed by atoms with Crippen LogP contribution in [-0.2, 0) is 4.79 Å². The number of carboxylic acids is 1. The van der Waals surface area contributed by atoms with Gasteiger partial charge in [0.1, 0.15) is 0 Å². The van der Waals surface area contributed by atoms with E-state index in [1.54, 1.807) is 18.2 Å². The Morgan fingerprint density at radius 3 is 2.84 bits per heavy atom. The minimum absolute atomic E-state index is 0.0883. The molecule has 1 saturated heterocycles. The van der Waals surface area contributed by atoms with Crippen molar-refractivity contribution in [2.24, 2.45) is 5.92 Å². The summed E-state index contributed by atoms with van der Waals surface area (Å²) in [6, 6.07) is 4.97. The van der Waals surface area contributed by atoms with Gasteiger partial charge in [-0.2, -0.15) is 0 Å². The predicted molar refractivity (Wildman–Crippen MR) is 80.3 cm³/mol. The minimum Gasteiger partial charge on any atom is -0.478 e. The number of nitrogens with one attached hydrogen (secondary N) is 2. The molecule has 1 aliphatic rings. The molecule has 0 aliphatic carbocycles. The number of benzene rings is 1. The fourth-order valence-electron chi connectivity index (χ4n) is 2.11. The average Bonchev–Trinajstić information content (AvgIpc) is 2.41. The topological polar surface area (TPSA) is 78.4 Å². The van der Waals surface area contributed by atoms with Crippen LogP contribution in [0, 0.1) is 9.49 Å². The van der Waals surface area contributed by atoms with E-state index in [-0.39, 0.29) is 17.4 Å². The Morgan fingerprint density at radius 1 is 1.42 bits per heavy atom. The molecule has 102 valence electrons. The van der Waals surface area contributed by atoms with Crippen LogP contribution in [0.1, 0.15) is 23.2 Å². The molecule has 0 bridgehead atoms. The fourth-order valence-corrected chi connectivity index (χ4v) is 2.60. The zero-order chi connectivity index (χ0) is 13.8. The van der Waals surface area contributed by atoms with Gasteiger partial charge >= 0.3 is 5.97 Å². The Labute approximate surface area is 124 Å². The first-order valence-electron chi connectivity index (χ1n) is 6.12. The van der Waals surface area contributed by atoms with Crippen molar-refractivity contribution >= 4 is 40.2 Å². The van der Waals surface area contributed by atoms with E-state index < -0.39 is 5.97 Å². The van der Waals surface area contributed by atoms with Crippen molar-refractivity contribution in [3.05, 3.63) is 27.3 Å². The highest BCUT2D eigenvalue weighted by Gasteiger charge is 2.22. The monoisotopic (exact) mass is 374 g/mol. The smallest absolute Gasteiger partial charge is 0.337 e. The van der Waals surface area contributed by atoms with Crippen LogP contribution in [0.25, 0.3) is 0 Å². The minimum atomic E-state index is -1.03. The molecule has 1 aliphatic heterocycles. The number of carboxylic acid groups (broad SMARTS) is 1. The summed E-state index contributed by atoms with van der Waals surface area (Å²) in [6.45, 7) is 1.59. The molecule has 1 aromatic rings. The number of halogens is 1. The molecule has 2 rings (SSSR count). The summed E-state index contributed by atoms with van der Waals surface area (Å²) in [4.78, 5) is 23.2. The van der Waals surface area contributed by atoms with E-state index >= 15 is 0 Å². The lowest BCUT2D eigenvalue weighted by molar-refractivity contribution is -0.120. The summed E-state index contributed by atoms with van der Waals surface area (Å²) < 4.78 is 0.826. The number of aromatic carboxylic acids is 1. The number of hydrogen-bond donors (Lipinski definition) is 3. The maximum atomic E-state index is 12.1. The van der Waals surface area contributed by atoms with Gasteiger partial charge in [-0.15, -0.1) is 0 Å². The highest BCUT2D eigenvalue weighted by atomic mass is 127. The van der Waals surface area contributed by atoms with Gasteiger partial charge in [0, 0.05) is 10.1 Å². The summed E-state index contributed by atoms with van der Waals surface area (Å²) in [5.74, 6) is -1.24. The van der Waals surface area contributed by atoms with E-state index in [1.165, 1.54) is 0 Å². The first kappa shape index (κ1) is 14.3. The van der Waals surface area contributed by atoms with Crippen molar-refractivity contribution in [1.82, 2.24) is 5.32 Å². The van der Waals surface area contributed by atoms with E-state index in [0.29, 0.717) is 12.2 Å². The van der Waals surface area contributed by atoms with Gasteiger partial charge in [0.2, 0.25) is 5.91 Å². The molecule has 1 atom stereocenters. The molecular formula is C13H15IN2O3. The van der Waals surface area contributed by atoms with Gasteiger partial charge in [-0.05, 0) is 60.2 Å². The number of carbonyl (C=O) groups is 2. The maximum absolute atomic E-state index is 12.1. The molecular weight excluding hydrogens is 359 g/mol. The molecule has 1 fully saturated rings. The molecule has 0 aromatic heterocycles. The summed E-state index contributed by atoms with van der Waals surface area (Å²) in [7, 11) is 0. The van der Waals surface area contributed by atoms with E-state index in [4.69, 9.17) is 5.11 Å². The van der Waals surface area contributed by atoms with Crippen LogP contribution in [-0.4, -0.2) is 30.1 Å². The van der Waals surface area contributed by atoms with E-state index in [1.807, 2.05) is 22.6 Å². The van der Waals surface area contributed by atoms with Crippen LogP contribution in [0.15, 0.2) is 18.2 Å². The van der Waals surface area contributed by atoms with Crippen molar-refractivity contribution in [1.29, 1.82) is 0 Å². The van der Waals surface area contributed by atoms with Crippen LogP contribution in [0.4, 0.5) is 5.69 Å². The van der Waals surface area contributed by atoms with Crippen molar-refractivity contribution in [2.75, 3.05) is 18.4 Å². The SMILES string of the molecule is O=C(O)c1cc(I)ccc1NC(=O)C1CCCNC1. The van der Waals surface area contributed by atoms with Crippen molar-refractivity contribution < 1.29 is 14.7 Å². The largest absolute Gasteiger partial charge is 0.478 e. The van der Waals surface area contributed by atoms with Crippen LogP contribution in [0.2, 0.25) is 0 Å². The molecule has 1 heterocycles. The van der Waals surface area contributed by atoms with Crippen LogP contribution >= 0.6 is 22.6 Å². The lowest BCUT2D eigenvalue weighted by atomic mass is 9.98. The molecule has 1 unspecified atom stereocenters. The predicted octanol–water partition coefficient (Wildman–Crippen LogP) is 1.93. The number of piperidine rings is 1. The third-order valence-corrected chi connectivity index (χ3v) is 3.81. The van der Waals surface area contributed by atoms with Gasteiger partial charge in [0.05, 0.1) is 17.2 Å². The normalized spacial score (nSPS) is 18.9. The number of anilines is 1. The number of amides is 1. The molecule has 0 spiro atoms. The van der Waals surface area contributed by atoms with Crippen LogP contribution in [0.3, 0.4) is 0 Å². The lowest BCUT2D eigenvalue weighted by Crippen LogP contribution is -2.37. The number of hydrogen-bond acceptors (Lipinski definition) is 3. The van der Waals surface area contributed by atoms with E-state index in [2.05, 4.69) is 10.6 Å². The molecule has 6 heteroatoms. The molecule has 0 saturated carbocycles. The molecule has 5 nitrogen and oxygen atoms in total. The van der Waals surface area contributed by atoms with Gasteiger partial charge in [-0.1, -0.05) is 0 Å². The zero-order valence-corrected chi connectivity index (χ0v) is 12.4. The van der Waals surface area contributed by atoms with Gasteiger partial charge in [0.15, 0.2) is 0 Å². The third-order valence-electron chi connectivity index (χ3n) is 3.14. The Morgan fingerprint density at radius 2 is 2.21 bits per heavy atom. The Balaban J connectivity index is 2.13. The second-order valence-electron chi connectivity index (χ2n) is 4.53. The van der Waals surface area contributed by atoms with E-state index in [9.17, 15) is 9.59 Å². The molecule has 1 amide bonds. The Kier molecular flexibility index (Phi) is 4.76. The zero-order valence-electron chi connectivity index (χ0n) is 10.3. The first-order chi connectivity index (χ1) is 9.08. The third kappa shape index (κ3) is 3.66. The molecule has 19 heavy (non-hydrogen) atoms. The van der Waals surface area contributed by atoms with Crippen molar-refractivity contribution in [3.63, 3.8) is 0 Å². The van der Waals surface area contributed by atoms with Gasteiger partial charge in [-0.25, -0.2) is 4.79 Å². The molecule has 3 N–H and O–H groups in total. The second-order valence-corrected chi connectivity index (χ2v) is 5.77. The first-order valence-corrected chi connectivity index (χ1v) is 7.20. The lowest BCUT2D eigenvalue weighted by Gasteiger charge is -2.22. The highest BCUT2D eigenvalue weighted by Crippen LogP contribution is 2.21. The standard InChI is InChI=1S/C13H15IN2O3/c14-9-3-4-11(10(6-9)13(18)19)16-12(17)8-2-1-5-15-7-8/h3-4,6,8,15H,1-2,5,7H2,(H,16,17)(H,18,19). The van der Waals surface area contributed by atoms with Crippen molar-refractivity contribution in [3.8, 4) is 0 Å².